The minimum Gasteiger partial charge on any atom is -0.435 e. The SMILES string of the molecule is O=S(=O)(NCc1ccc(OC(F)F)cc1)c1ccc2c(c1)CCCC2. The number of nitrogens with one attached hydrogen (secondary N) is 1. The number of alkyl halides is 2. The topological polar surface area (TPSA) is 55.4 Å². The summed E-state index contributed by atoms with van der Waals surface area (Å²) in [5.41, 5.74) is 2.98. The zero-order chi connectivity index (χ0) is 17.9. The second-order valence-electron chi connectivity index (χ2n) is 5.98. The molecule has 0 atom stereocenters. The van der Waals surface area contributed by atoms with E-state index in [4.69, 9.17) is 0 Å². The lowest BCUT2D eigenvalue weighted by Crippen LogP contribution is -2.23. The van der Waals surface area contributed by atoms with Gasteiger partial charge in [0, 0.05) is 6.54 Å². The van der Waals surface area contributed by atoms with Gasteiger partial charge in [-0.05, 0) is 66.6 Å². The summed E-state index contributed by atoms with van der Waals surface area (Å²) in [4.78, 5) is 0.255. The van der Waals surface area contributed by atoms with Crippen LogP contribution < -0.4 is 9.46 Å². The van der Waals surface area contributed by atoms with Crippen LogP contribution in [0.1, 0.15) is 29.5 Å². The van der Waals surface area contributed by atoms with Crippen molar-refractivity contribution in [2.45, 2.75) is 43.7 Å². The Morgan fingerprint density at radius 1 is 1.00 bits per heavy atom. The van der Waals surface area contributed by atoms with Crippen molar-refractivity contribution in [1.29, 1.82) is 0 Å². The fourth-order valence-corrected chi connectivity index (χ4v) is 4.00. The molecule has 0 spiro atoms. The molecule has 0 amide bonds. The Kier molecular flexibility index (Phi) is 5.34. The van der Waals surface area contributed by atoms with E-state index in [0.29, 0.717) is 5.56 Å². The van der Waals surface area contributed by atoms with E-state index < -0.39 is 16.6 Å². The van der Waals surface area contributed by atoms with E-state index in [2.05, 4.69) is 9.46 Å². The molecule has 0 aliphatic heterocycles. The maximum Gasteiger partial charge on any atom is 0.387 e. The van der Waals surface area contributed by atoms with Crippen LogP contribution >= 0.6 is 0 Å². The van der Waals surface area contributed by atoms with Gasteiger partial charge in [-0.25, -0.2) is 13.1 Å². The highest BCUT2D eigenvalue weighted by atomic mass is 32.2. The first-order chi connectivity index (χ1) is 11.9. The molecule has 0 bridgehead atoms. The van der Waals surface area contributed by atoms with Crippen molar-refractivity contribution < 1.29 is 21.9 Å². The van der Waals surface area contributed by atoms with E-state index in [1.54, 1.807) is 24.3 Å². The Bertz CT molecular complexity index is 836. The largest absolute Gasteiger partial charge is 0.435 e. The van der Waals surface area contributed by atoms with Gasteiger partial charge in [0.25, 0.3) is 0 Å². The van der Waals surface area contributed by atoms with Gasteiger partial charge in [-0.2, -0.15) is 8.78 Å². The molecule has 3 rings (SSSR count). The minimum absolute atomic E-state index is 0.0382. The smallest absolute Gasteiger partial charge is 0.387 e. The summed E-state index contributed by atoms with van der Waals surface area (Å²) in [5.74, 6) is 0.0382. The van der Waals surface area contributed by atoms with Crippen LogP contribution in [0, 0.1) is 0 Å². The lowest BCUT2D eigenvalue weighted by Gasteiger charge is -2.16. The third-order valence-corrected chi connectivity index (χ3v) is 5.64. The van der Waals surface area contributed by atoms with Crippen molar-refractivity contribution in [3.63, 3.8) is 0 Å². The second-order valence-corrected chi connectivity index (χ2v) is 7.75. The van der Waals surface area contributed by atoms with Crippen molar-refractivity contribution in [3.05, 3.63) is 59.2 Å². The Balaban J connectivity index is 1.67. The van der Waals surface area contributed by atoms with E-state index in [9.17, 15) is 17.2 Å². The summed E-state index contributed by atoms with van der Waals surface area (Å²) in [7, 11) is -3.62. The highest BCUT2D eigenvalue weighted by molar-refractivity contribution is 7.89. The molecular weight excluding hydrogens is 348 g/mol. The third kappa shape index (κ3) is 4.55. The fraction of sp³-hybridized carbons (Fsp3) is 0.333. The summed E-state index contributed by atoms with van der Waals surface area (Å²) in [6, 6.07) is 11.1. The molecule has 1 N–H and O–H groups in total. The molecule has 0 saturated carbocycles. The van der Waals surface area contributed by atoms with E-state index in [-0.39, 0.29) is 17.2 Å². The Hall–Kier alpha value is -1.99. The zero-order valence-corrected chi connectivity index (χ0v) is 14.4. The fourth-order valence-electron chi connectivity index (χ4n) is 2.93. The standard InChI is InChI=1S/C18H19F2NO3S/c19-18(20)24-16-8-5-13(6-9-16)12-21-25(22,23)17-10-7-14-3-1-2-4-15(14)11-17/h5-11,18,21H,1-4,12H2. The van der Waals surface area contributed by atoms with Crippen molar-refractivity contribution >= 4 is 10.0 Å². The number of aryl methyl sites for hydroxylation is 2. The maximum absolute atomic E-state index is 12.5. The molecule has 2 aromatic rings. The molecule has 134 valence electrons. The Morgan fingerprint density at radius 3 is 2.36 bits per heavy atom. The minimum atomic E-state index is -3.62. The number of hydrogen-bond acceptors (Lipinski definition) is 3. The van der Waals surface area contributed by atoms with Crippen molar-refractivity contribution in [2.75, 3.05) is 0 Å². The summed E-state index contributed by atoms with van der Waals surface area (Å²) in [6.07, 6.45) is 4.13. The molecule has 1 aliphatic rings. The summed E-state index contributed by atoms with van der Waals surface area (Å²) in [6.45, 7) is -2.80. The number of ether oxygens (including phenoxy) is 1. The number of sulfonamides is 1. The lowest BCUT2D eigenvalue weighted by molar-refractivity contribution is -0.0498. The van der Waals surface area contributed by atoms with Crippen LogP contribution in [0.3, 0.4) is 0 Å². The van der Waals surface area contributed by atoms with Crippen LogP contribution in [0.25, 0.3) is 0 Å². The predicted octanol–water partition coefficient (Wildman–Crippen LogP) is 3.65. The molecular formula is C18H19F2NO3S. The second kappa shape index (κ2) is 7.49. The van der Waals surface area contributed by atoms with Gasteiger partial charge in [0.2, 0.25) is 10.0 Å². The van der Waals surface area contributed by atoms with Gasteiger partial charge in [0.1, 0.15) is 5.75 Å². The van der Waals surface area contributed by atoms with Crippen LogP contribution in [0.5, 0.6) is 5.75 Å². The van der Waals surface area contributed by atoms with Gasteiger partial charge in [-0.15, -0.1) is 0 Å². The normalized spacial score (nSPS) is 14.4. The molecule has 0 saturated heterocycles. The number of fused-ring (bicyclic) bond motifs is 1. The van der Waals surface area contributed by atoms with Gasteiger partial charge in [-0.3, -0.25) is 0 Å². The first-order valence-corrected chi connectivity index (χ1v) is 9.57. The van der Waals surface area contributed by atoms with Gasteiger partial charge < -0.3 is 4.74 Å². The number of halogens is 2. The van der Waals surface area contributed by atoms with E-state index >= 15 is 0 Å². The zero-order valence-electron chi connectivity index (χ0n) is 13.5. The number of hydrogen-bond donors (Lipinski definition) is 1. The molecule has 0 fully saturated rings. The average molecular weight is 367 g/mol. The average Bonchev–Trinajstić information content (AvgIpc) is 2.60. The molecule has 0 radical (unpaired) electrons. The summed E-state index contributed by atoms with van der Waals surface area (Å²) >= 11 is 0. The predicted molar refractivity (Wildman–Crippen MR) is 90.2 cm³/mol. The highest BCUT2D eigenvalue weighted by Crippen LogP contribution is 2.24. The lowest BCUT2D eigenvalue weighted by atomic mass is 9.92. The Labute approximate surface area is 145 Å². The van der Waals surface area contributed by atoms with Crippen LogP contribution in [-0.2, 0) is 29.4 Å². The first kappa shape index (κ1) is 17.8. The quantitative estimate of drug-likeness (QED) is 0.848. The maximum atomic E-state index is 12.5. The molecule has 7 heteroatoms. The molecule has 4 nitrogen and oxygen atoms in total. The van der Waals surface area contributed by atoms with Crippen molar-refractivity contribution in [3.8, 4) is 5.75 Å². The van der Waals surface area contributed by atoms with Crippen molar-refractivity contribution in [2.24, 2.45) is 0 Å². The van der Waals surface area contributed by atoms with Crippen LogP contribution in [-0.4, -0.2) is 15.0 Å². The van der Waals surface area contributed by atoms with E-state index in [1.165, 1.54) is 17.7 Å². The van der Waals surface area contributed by atoms with E-state index in [1.807, 2.05) is 6.07 Å². The third-order valence-electron chi connectivity index (χ3n) is 4.25. The van der Waals surface area contributed by atoms with Crippen LogP contribution in [0.2, 0.25) is 0 Å². The van der Waals surface area contributed by atoms with Gasteiger partial charge in [0.05, 0.1) is 4.90 Å². The monoisotopic (exact) mass is 367 g/mol. The first-order valence-electron chi connectivity index (χ1n) is 8.09. The number of benzene rings is 2. The van der Waals surface area contributed by atoms with Crippen molar-refractivity contribution in [1.82, 2.24) is 4.72 Å². The Morgan fingerprint density at radius 2 is 1.68 bits per heavy atom. The molecule has 2 aromatic carbocycles. The molecule has 0 aromatic heterocycles. The summed E-state index contributed by atoms with van der Waals surface area (Å²) in [5, 5.41) is 0. The molecule has 1 aliphatic carbocycles. The highest BCUT2D eigenvalue weighted by Gasteiger charge is 2.17. The molecule has 0 unspecified atom stereocenters. The van der Waals surface area contributed by atoms with Gasteiger partial charge in [0.15, 0.2) is 0 Å². The van der Waals surface area contributed by atoms with E-state index in [0.717, 1.165) is 31.2 Å². The molecule has 0 heterocycles. The number of rotatable bonds is 6. The van der Waals surface area contributed by atoms with Crippen LogP contribution in [0.4, 0.5) is 8.78 Å². The van der Waals surface area contributed by atoms with Crippen LogP contribution in [0.15, 0.2) is 47.4 Å². The summed E-state index contributed by atoms with van der Waals surface area (Å²) < 4.78 is 56.0. The molecule has 25 heavy (non-hydrogen) atoms. The van der Waals surface area contributed by atoms with Gasteiger partial charge in [-0.1, -0.05) is 18.2 Å². The van der Waals surface area contributed by atoms with Gasteiger partial charge >= 0.3 is 6.61 Å².